The van der Waals surface area contributed by atoms with E-state index < -0.39 is 0 Å². The molecule has 3 N–H and O–H groups in total. The average Bonchev–Trinajstić information content (AvgIpc) is 2.76. The van der Waals surface area contributed by atoms with Crippen molar-refractivity contribution in [3.8, 4) is 0 Å². The first kappa shape index (κ1) is 12.2. The molecule has 1 aromatic heterocycles. The second-order valence-electron chi connectivity index (χ2n) is 4.17. The summed E-state index contributed by atoms with van der Waals surface area (Å²) < 4.78 is 5.10. The topological polar surface area (TPSA) is 68.3 Å². The fraction of sp³-hybridized carbons (Fsp3) is 0.214. The van der Waals surface area contributed by atoms with Gasteiger partial charge in [-0.15, -0.1) is 0 Å². The van der Waals surface area contributed by atoms with Crippen molar-refractivity contribution in [3.05, 3.63) is 47.4 Å². The van der Waals surface area contributed by atoms with Gasteiger partial charge in [-0.25, -0.2) is 0 Å². The zero-order chi connectivity index (χ0) is 13.1. The van der Waals surface area contributed by atoms with Crippen molar-refractivity contribution in [2.75, 3.05) is 11.1 Å². The lowest BCUT2D eigenvalue weighted by molar-refractivity contribution is 0.102. The van der Waals surface area contributed by atoms with E-state index in [1.165, 1.54) is 6.26 Å². The number of rotatable bonds is 3. The number of hydrogen-bond donors (Lipinski definition) is 2. The van der Waals surface area contributed by atoms with Crippen LogP contribution in [0.25, 0.3) is 0 Å². The molecule has 0 radical (unpaired) electrons. The minimum Gasteiger partial charge on any atom is -0.469 e. The molecule has 0 saturated carbocycles. The highest BCUT2D eigenvalue weighted by atomic mass is 16.3. The van der Waals surface area contributed by atoms with Crippen molar-refractivity contribution >= 4 is 17.3 Å². The Balaban J connectivity index is 2.14. The molecule has 0 aliphatic carbocycles. The van der Waals surface area contributed by atoms with Gasteiger partial charge in [-0.05, 0) is 37.1 Å². The summed E-state index contributed by atoms with van der Waals surface area (Å²) in [5, 5.41) is 2.78. The first-order valence-electron chi connectivity index (χ1n) is 5.85. The van der Waals surface area contributed by atoms with Gasteiger partial charge in [0.15, 0.2) is 0 Å². The molecule has 4 nitrogen and oxygen atoms in total. The van der Waals surface area contributed by atoms with Gasteiger partial charge in [0.2, 0.25) is 0 Å². The zero-order valence-corrected chi connectivity index (χ0v) is 10.5. The normalized spacial score (nSPS) is 10.3. The van der Waals surface area contributed by atoms with E-state index in [2.05, 4.69) is 5.32 Å². The number of anilines is 2. The number of hydrogen-bond acceptors (Lipinski definition) is 3. The van der Waals surface area contributed by atoms with Gasteiger partial charge in [-0.2, -0.15) is 0 Å². The molecule has 0 saturated heterocycles. The predicted molar refractivity (Wildman–Crippen MR) is 71.6 cm³/mol. The van der Waals surface area contributed by atoms with E-state index in [4.69, 9.17) is 10.2 Å². The summed E-state index contributed by atoms with van der Waals surface area (Å²) in [4.78, 5) is 11.9. The number of nitrogen functional groups attached to an aromatic ring is 1. The van der Waals surface area contributed by atoms with Crippen molar-refractivity contribution in [1.82, 2.24) is 0 Å². The number of nitrogens with two attached hydrogens (primary N) is 1. The maximum Gasteiger partial charge on any atom is 0.258 e. The van der Waals surface area contributed by atoms with E-state index in [0.717, 1.165) is 12.0 Å². The summed E-state index contributed by atoms with van der Waals surface area (Å²) in [6.45, 7) is 3.84. The van der Waals surface area contributed by atoms with E-state index in [1.807, 2.05) is 19.1 Å². The Morgan fingerprint density at radius 3 is 2.72 bits per heavy atom. The zero-order valence-electron chi connectivity index (χ0n) is 10.5. The van der Waals surface area contributed by atoms with E-state index in [-0.39, 0.29) is 5.91 Å². The Hall–Kier alpha value is -2.23. The molecule has 0 fully saturated rings. The van der Waals surface area contributed by atoms with Crippen LogP contribution >= 0.6 is 0 Å². The molecule has 0 spiro atoms. The minimum absolute atomic E-state index is 0.199. The van der Waals surface area contributed by atoms with Crippen molar-refractivity contribution in [3.63, 3.8) is 0 Å². The lowest BCUT2D eigenvalue weighted by Gasteiger charge is -2.07. The molecule has 18 heavy (non-hydrogen) atoms. The third-order valence-electron chi connectivity index (χ3n) is 2.78. The van der Waals surface area contributed by atoms with Gasteiger partial charge >= 0.3 is 0 Å². The minimum atomic E-state index is -0.199. The van der Waals surface area contributed by atoms with Crippen LogP contribution in [-0.2, 0) is 6.42 Å². The first-order chi connectivity index (χ1) is 8.60. The first-order valence-corrected chi connectivity index (χ1v) is 5.85. The summed E-state index contributed by atoms with van der Waals surface area (Å²) in [5.41, 5.74) is 8.84. The van der Waals surface area contributed by atoms with E-state index >= 15 is 0 Å². The van der Waals surface area contributed by atoms with Crippen LogP contribution in [0.2, 0.25) is 0 Å². The lowest BCUT2D eigenvalue weighted by Crippen LogP contribution is -2.11. The van der Waals surface area contributed by atoms with Crippen LogP contribution in [0.15, 0.2) is 34.9 Å². The van der Waals surface area contributed by atoms with Gasteiger partial charge in [-0.1, -0.05) is 13.0 Å². The van der Waals surface area contributed by atoms with Gasteiger partial charge in [0, 0.05) is 11.4 Å². The smallest absolute Gasteiger partial charge is 0.258 e. The number of benzene rings is 1. The quantitative estimate of drug-likeness (QED) is 0.815. The summed E-state index contributed by atoms with van der Waals surface area (Å²) in [7, 11) is 0. The van der Waals surface area contributed by atoms with Gasteiger partial charge in [0.25, 0.3) is 5.91 Å². The molecule has 94 valence electrons. The molecule has 2 aromatic rings. The molecule has 1 heterocycles. The fourth-order valence-electron chi connectivity index (χ4n) is 1.76. The van der Waals surface area contributed by atoms with Crippen LogP contribution in [-0.4, -0.2) is 5.91 Å². The average molecular weight is 244 g/mol. The van der Waals surface area contributed by atoms with Crippen LogP contribution in [0.5, 0.6) is 0 Å². The molecular formula is C14H16N2O2. The van der Waals surface area contributed by atoms with Crippen molar-refractivity contribution in [2.24, 2.45) is 0 Å². The maximum absolute atomic E-state index is 11.9. The van der Waals surface area contributed by atoms with E-state index in [1.54, 1.807) is 19.1 Å². The van der Waals surface area contributed by atoms with Gasteiger partial charge in [0.1, 0.15) is 12.0 Å². The molecule has 1 aromatic carbocycles. The van der Waals surface area contributed by atoms with E-state index in [0.29, 0.717) is 22.7 Å². The van der Waals surface area contributed by atoms with Crippen molar-refractivity contribution < 1.29 is 9.21 Å². The molecule has 0 aliphatic heterocycles. The third kappa shape index (κ3) is 2.53. The Labute approximate surface area is 106 Å². The highest BCUT2D eigenvalue weighted by Crippen LogP contribution is 2.19. The molecule has 0 aliphatic rings. The summed E-state index contributed by atoms with van der Waals surface area (Å²) >= 11 is 0. The van der Waals surface area contributed by atoms with Crippen LogP contribution in [0.3, 0.4) is 0 Å². The van der Waals surface area contributed by atoms with Gasteiger partial charge in [-0.3, -0.25) is 4.79 Å². The van der Waals surface area contributed by atoms with Crippen molar-refractivity contribution in [1.29, 1.82) is 0 Å². The number of carbonyl (C=O) groups excluding carboxylic acids is 1. The highest BCUT2D eigenvalue weighted by molar-refractivity contribution is 6.04. The number of carbonyl (C=O) groups is 1. The second-order valence-corrected chi connectivity index (χ2v) is 4.17. The second kappa shape index (κ2) is 4.96. The highest BCUT2D eigenvalue weighted by Gasteiger charge is 2.09. The monoisotopic (exact) mass is 244 g/mol. The molecule has 2 rings (SSSR count). The largest absolute Gasteiger partial charge is 0.469 e. The van der Waals surface area contributed by atoms with Gasteiger partial charge < -0.3 is 15.5 Å². The summed E-state index contributed by atoms with van der Waals surface area (Å²) in [6.07, 6.45) is 2.31. The Bertz CT molecular complexity index is 573. The SMILES string of the molecule is CCc1ccc(NC(=O)c2coc(C)c2)cc1N. The Kier molecular flexibility index (Phi) is 3.37. The van der Waals surface area contributed by atoms with Crippen LogP contribution < -0.4 is 11.1 Å². The number of furan rings is 1. The van der Waals surface area contributed by atoms with Crippen molar-refractivity contribution in [2.45, 2.75) is 20.3 Å². The third-order valence-corrected chi connectivity index (χ3v) is 2.78. The van der Waals surface area contributed by atoms with Crippen LogP contribution in [0.4, 0.5) is 11.4 Å². The maximum atomic E-state index is 11.9. The molecule has 1 amide bonds. The lowest BCUT2D eigenvalue weighted by atomic mass is 10.1. The summed E-state index contributed by atoms with van der Waals surface area (Å²) in [6, 6.07) is 7.23. The molecule has 0 bridgehead atoms. The van der Waals surface area contributed by atoms with Crippen LogP contribution in [0, 0.1) is 6.92 Å². The number of nitrogens with one attached hydrogen (secondary N) is 1. The molecule has 0 unspecified atom stereocenters. The fourth-order valence-corrected chi connectivity index (χ4v) is 1.76. The van der Waals surface area contributed by atoms with E-state index in [9.17, 15) is 4.79 Å². The molecular weight excluding hydrogens is 228 g/mol. The predicted octanol–water partition coefficient (Wildman–Crippen LogP) is 2.98. The van der Waals surface area contributed by atoms with Gasteiger partial charge in [0.05, 0.1) is 5.56 Å². The molecule has 0 atom stereocenters. The van der Waals surface area contributed by atoms with Crippen LogP contribution in [0.1, 0.15) is 28.6 Å². The Morgan fingerprint density at radius 1 is 1.39 bits per heavy atom. The number of amides is 1. The number of aryl methyl sites for hydroxylation is 2. The summed E-state index contributed by atoms with van der Waals surface area (Å²) in [5.74, 6) is 0.511. The Morgan fingerprint density at radius 2 is 2.17 bits per heavy atom. The molecule has 4 heteroatoms. The standard InChI is InChI=1S/C14H16N2O2/c1-3-10-4-5-12(7-13(10)15)16-14(17)11-6-9(2)18-8-11/h4-8H,3,15H2,1-2H3,(H,16,17).